The first-order valence-electron chi connectivity index (χ1n) is 6.19. The van der Waals surface area contributed by atoms with E-state index in [1.54, 1.807) is 26.0 Å². The first kappa shape index (κ1) is 15.0. The zero-order valence-electron chi connectivity index (χ0n) is 11.4. The van der Waals surface area contributed by atoms with E-state index in [1.807, 2.05) is 6.92 Å². The molecule has 1 rings (SSSR count). The Bertz CT molecular complexity index is 484. The Kier molecular flexibility index (Phi) is 4.92. The Morgan fingerprint density at radius 3 is 2.53 bits per heavy atom. The van der Waals surface area contributed by atoms with Crippen molar-refractivity contribution in [2.24, 2.45) is 0 Å². The van der Waals surface area contributed by atoms with E-state index in [-0.39, 0.29) is 23.6 Å². The zero-order chi connectivity index (χ0) is 14.6. The van der Waals surface area contributed by atoms with E-state index < -0.39 is 12.0 Å². The van der Waals surface area contributed by atoms with Gasteiger partial charge in [-0.2, -0.15) is 0 Å². The van der Waals surface area contributed by atoms with Gasteiger partial charge >= 0.3 is 5.97 Å². The maximum Gasteiger partial charge on any atom is 0.305 e. The highest BCUT2D eigenvalue weighted by Crippen LogP contribution is 2.21. The number of aryl methyl sites for hydroxylation is 1. The zero-order valence-corrected chi connectivity index (χ0v) is 11.4. The lowest BCUT2D eigenvalue weighted by Crippen LogP contribution is -2.39. The number of carbonyl (C=O) groups is 2. The van der Waals surface area contributed by atoms with Crippen LogP contribution in [0.1, 0.15) is 36.2 Å². The summed E-state index contributed by atoms with van der Waals surface area (Å²) in [5.41, 5.74) is 1.07. The molecule has 0 spiro atoms. The van der Waals surface area contributed by atoms with Gasteiger partial charge in [0, 0.05) is 12.6 Å². The van der Waals surface area contributed by atoms with Gasteiger partial charge in [0.1, 0.15) is 5.75 Å². The summed E-state index contributed by atoms with van der Waals surface area (Å²) in [6.45, 7) is 5.68. The highest BCUT2D eigenvalue weighted by molar-refractivity contribution is 5.97. The second-order valence-electron chi connectivity index (χ2n) is 4.56. The number of amides is 1. The fraction of sp³-hybridized carbons (Fsp3) is 0.429. The summed E-state index contributed by atoms with van der Waals surface area (Å²) < 4.78 is 0. The number of carboxylic acids is 1. The van der Waals surface area contributed by atoms with Gasteiger partial charge < -0.3 is 15.1 Å². The molecule has 0 aliphatic heterocycles. The molecule has 1 unspecified atom stereocenters. The van der Waals surface area contributed by atoms with Crippen LogP contribution in [0.2, 0.25) is 0 Å². The number of benzene rings is 1. The van der Waals surface area contributed by atoms with E-state index in [1.165, 1.54) is 11.0 Å². The lowest BCUT2D eigenvalue weighted by Gasteiger charge is -2.27. The fourth-order valence-corrected chi connectivity index (χ4v) is 1.99. The summed E-state index contributed by atoms with van der Waals surface area (Å²) >= 11 is 0. The van der Waals surface area contributed by atoms with Crippen LogP contribution in [0.25, 0.3) is 0 Å². The standard InChI is InChI=1S/C14H19NO4/c1-4-15(10(3)8-13(17)18)14(19)11-7-9(2)5-6-12(11)16/h5-7,10,16H,4,8H2,1-3H3,(H,17,18). The number of aromatic hydroxyl groups is 1. The van der Waals surface area contributed by atoms with Gasteiger partial charge in [0.25, 0.3) is 5.91 Å². The van der Waals surface area contributed by atoms with Gasteiger partial charge in [-0.05, 0) is 32.9 Å². The maximum atomic E-state index is 12.3. The Morgan fingerprint density at radius 1 is 1.37 bits per heavy atom. The van der Waals surface area contributed by atoms with Gasteiger partial charge in [-0.3, -0.25) is 9.59 Å². The van der Waals surface area contributed by atoms with Gasteiger partial charge in [0.05, 0.1) is 12.0 Å². The Hall–Kier alpha value is -2.04. The van der Waals surface area contributed by atoms with Gasteiger partial charge in [-0.15, -0.1) is 0 Å². The van der Waals surface area contributed by atoms with Crippen LogP contribution in [-0.2, 0) is 4.79 Å². The molecule has 5 nitrogen and oxygen atoms in total. The van der Waals surface area contributed by atoms with E-state index in [4.69, 9.17) is 5.11 Å². The topological polar surface area (TPSA) is 77.8 Å². The summed E-state index contributed by atoms with van der Waals surface area (Å²) in [5.74, 6) is -1.39. The molecule has 1 amide bonds. The van der Waals surface area contributed by atoms with Crippen LogP contribution in [-0.4, -0.2) is 39.6 Å². The summed E-state index contributed by atoms with van der Waals surface area (Å²) in [7, 11) is 0. The number of carboxylic acid groups (broad SMARTS) is 1. The second kappa shape index (κ2) is 6.22. The van der Waals surface area contributed by atoms with Crippen molar-refractivity contribution >= 4 is 11.9 Å². The normalized spacial score (nSPS) is 11.9. The molecule has 1 aromatic rings. The number of aliphatic carboxylic acids is 1. The van der Waals surface area contributed by atoms with Crippen molar-refractivity contribution in [3.8, 4) is 5.75 Å². The molecule has 0 bridgehead atoms. The SMILES string of the molecule is CCN(C(=O)c1cc(C)ccc1O)C(C)CC(=O)O. The molecule has 0 radical (unpaired) electrons. The molecule has 104 valence electrons. The summed E-state index contributed by atoms with van der Waals surface area (Å²) in [5, 5.41) is 18.5. The van der Waals surface area contributed by atoms with E-state index >= 15 is 0 Å². The molecule has 0 fully saturated rings. The van der Waals surface area contributed by atoms with Crippen molar-refractivity contribution in [3.63, 3.8) is 0 Å². The van der Waals surface area contributed by atoms with E-state index in [0.29, 0.717) is 6.54 Å². The average Bonchev–Trinajstić information content (AvgIpc) is 2.32. The van der Waals surface area contributed by atoms with Crippen LogP contribution >= 0.6 is 0 Å². The van der Waals surface area contributed by atoms with Gasteiger partial charge in [0.15, 0.2) is 0 Å². The Morgan fingerprint density at radius 2 is 2.00 bits per heavy atom. The van der Waals surface area contributed by atoms with E-state index in [2.05, 4.69) is 0 Å². The molecule has 0 aromatic heterocycles. The number of carbonyl (C=O) groups excluding carboxylic acids is 1. The highest BCUT2D eigenvalue weighted by atomic mass is 16.4. The molecule has 0 aliphatic carbocycles. The van der Waals surface area contributed by atoms with Crippen molar-refractivity contribution < 1.29 is 19.8 Å². The van der Waals surface area contributed by atoms with Gasteiger partial charge in [0.2, 0.25) is 0 Å². The van der Waals surface area contributed by atoms with Crippen LogP contribution < -0.4 is 0 Å². The fourth-order valence-electron chi connectivity index (χ4n) is 1.99. The Balaban J connectivity index is 3.01. The molecule has 0 saturated carbocycles. The molecular formula is C14H19NO4. The Labute approximate surface area is 112 Å². The molecule has 1 aromatic carbocycles. The van der Waals surface area contributed by atoms with Gasteiger partial charge in [-0.25, -0.2) is 0 Å². The van der Waals surface area contributed by atoms with Crippen molar-refractivity contribution in [1.29, 1.82) is 0 Å². The molecular weight excluding hydrogens is 246 g/mol. The van der Waals surface area contributed by atoms with Gasteiger partial charge in [-0.1, -0.05) is 11.6 Å². The minimum atomic E-state index is -0.952. The first-order chi connectivity index (χ1) is 8.86. The van der Waals surface area contributed by atoms with Crippen LogP contribution in [0.4, 0.5) is 0 Å². The average molecular weight is 265 g/mol. The maximum absolute atomic E-state index is 12.3. The monoisotopic (exact) mass is 265 g/mol. The molecule has 5 heteroatoms. The molecule has 2 N–H and O–H groups in total. The minimum absolute atomic E-state index is 0.0865. The van der Waals surface area contributed by atoms with Crippen molar-refractivity contribution in [1.82, 2.24) is 4.90 Å². The minimum Gasteiger partial charge on any atom is -0.507 e. The summed E-state index contributed by atoms with van der Waals surface area (Å²) in [4.78, 5) is 24.5. The van der Waals surface area contributed by atoms with Crippen molar-refractivity contribution in [3.05, 3.63) is 29.3 Å². The van der Waals surface area contributed by atoms with E-state index in [9.17, 15) is 14.7 Å². The number of phenolic OH excluding ortho intramolecular Hbond substituents is 1. The van der Waals surface area contributed by atoms with Crippen LogP contribution in [0, 0.1) is 6.92 Å². The molecule has 0 heterocycles. The largest absolute Gasteiger partial charge is 0.507 e. The third-order valence-corrected chi connectivity index (χ3v) is 2.99. The number of nitrogens with zero attached hydrogens (tertiary/aromatic N) is 1. The molecule has 1 atom stereocenters. The highest BCUT2D eigenvalue weighted by Gasteiger charge is 2.23. The van der Waals surface area contributed by atoms with Crippen LogP contribution in [0.15, 0.2) is 18.2 Å². The van der Waals surface area contributed by atoms with E-state index in [0.717, 1.165) is 5.56 Å². The number of rotatable bonds is 5. The summed E-state index contributed by atoms with van der Waals surface area (Å²) in [6.07, 6.45) is -0.119. The molecule has 19 heavy (non-hydrogen) atoms. The lowest BCUT2D eigenvalue weighted by atomic mass is 10.1. The number of hydrogen-bond donors (Lipinski definition) is 2. The predicted molar refractivity (Wildman–Crippen MR) is 71.3 cm³/mol. The van der Waals surface area contributed by atoms with Crippen LogP contribution in [0.5, 0.6) is 5.75 Å². The van der Waals surface area contributed by atoms with Crippen molar-refractivity contribution in [2.45, 2.75) is 33.2 Å². The quantitative estimate of drug-likeness (QED) is 0.853. The number of hydrogen-bond acceptors (Lipinski definition) is 3. The third-order valence-electron chi connectivity index (χ3n) is 2.99. The third kappa shape index (κ3) is 3.71. The van der Waals surface area contributed by atoms with Crippen LogP contribution in [0.3, 0.4) is 0 Å². The molecule has 0 saturated heterocycles. The van der Waals surface area contributed by atoms with Crippen molar-refractivity contribution in [2.75, 3.05) is 6.54 Å². The molecule has 0 aliphatic rings. The second-order valence-corrected chi connectivity index (χ2v) is 4.56. The number of phenols is 1. The predicted octanol–water partition coefficient (Wildman–Crippen LogP) is 2.03. The first-order valence-corrected chi connectivity index (χ1v) is 6.19. The lowest BCUT2D eigenvalue weighted by molar-refractivity contribution is -0.138. The smallest absolute Gasteiger partial charge is 0.305 e. The summed E-state index contributed by atoms with van der Waals surface area (Å²) in [6, 6.07) is 4.37.